The lowest BCUT2D eigenvalue weighted by molar-refractivity contribution is -0.118. The van der Waals surface area contributed by atoms with Crippen molar-refractivity contribution in [1.82, 2.24) is 23.1 Å². The first-order valence-electron chi connectivity index (χ1n) is 10.3. The third-order valence-electron chi connectivity index (χ3n) is 5.85. The lowest BCUT2D eigenvalue weighted by atomic mass is 10.1. The van der Waals surface area contributed by atoms with Crippen molar-refractivity contribution in [2.45, 2.75) is 46.6 Å². The van der Waals surface area contributed by atoms with Crippen LogP contribution >= 0.6 is 0 Å². The lowest BCUT2D eigenvalue weighted by Crippen LogP contribution is -2.42. The number of benzene rings is 1. The van der Waals surface area contributed by atoms with Crippen LogP contribution in [0, 0.1) is 13.8 Å². The van der Waals surface area contributed by atoms with Gasteiger partial charge in [0.1, 0.15) is 6.54 Å². The number of fused-ring (bicyclic) bond motifs is 3. The Morgan fingerprint density at radius 3 is 2.39 bits per heavy atom. The van der Waals surface area contributed by atoms with Crippen molar-refractivity contribution in [1.29, 1.82) is 0 Å². The van der Waals surface area contributed by atoms with Crippen molar-refractivity contribution < 1.29 is 4.79 Å². The minimum absolute atomic E-state index is 0.247. The van der Waals surface area contributed by atoms with Crippen molar-refractivity contribution in [3.63, 3.8) is 0 Å². The van der Waals surface area contributed by atoms with E-state index in [-0.39, 0.29) is 11.2 Å². The van der Waals surface area contributed by atoms with Gasteiger partial charge < -0.3 is 5.73 Å². The molecule has 2 N–H and O–H groups in total. The van der Waals surface area contributed by atoms with Crippen LogP contribution in [0.25, 0.3) is 22.6 Å². The quantitative estimate of drug-likeness (QED) is 0.509. The van der Waals surface area contributed by atoms with Crippen LogP contribution in [0.1, 0.15) is 36.7 Å². The standard InChI is InChI=1S/C22H26N6O3/c1-5-6-7-15-8-10-16(11-9-15)27-13(2)14(3)28-18-19(24-21(27)28)25(4)22(31)26(20(18)30)12-17(23)29/h8-11H,5-7,12H2,1-4H3,(H2,23,29). The van der Waals surface area contributed by atoms with Crippen LogP contribution < -0.4 is 17.0 Å². The summed E-state index contributed by atoms with van der Waals surface area (Å²) in [5, 5.41) is 0. The zero-order valence-corrected chi connectivity index (χ0v) is 18.2. The summed E-state index contributed by atoms with van der Waals surface area (Å²) in [6.07, 6.45) is 3.32. The molecule has 0 aliphatic carbocycles. The van der Waals surface area contributed by atoms with Crippen LogP contribution in [0.15, 0.2) is 33.9 Å². The molecular formula is C22H26N6O3. The molecule has 162 valence electrons. The highest BCUT2D eigenvalue weighted by molar-refractivity contribution is 5.78. The summed E-state index contributed by atoms with van der Waals surface area (Å²) < 4.78 is 5.85. The minimum atomic E-state index is -0.757. The fraction of sp³-hybridized carbons (Fsp3) is 0.364. The summed E-state index contributed by atoms with van der Waals surface area (Å²) in [4.78, 5) is 41.8. The first kappa shape index (κ1) is 20.6. The van der Waals surface area contributed by atoms with E-state index in [2.05, 4.69) is 24.0 Å². The molecule has 31 heavy (non-hydrogen) atoms. The third kappa shape index (κ3) is 3.17. The van der Waals surface area contributed by atoms with Crippen LogP contribution in [0.5, 0.6) is 0 Å². The number of imidazole rings is 2. The number of aryl methyl sites for hydroxylation is 3. The first-order chi connectivity index (χ1) is 14.8. The highest BCUT2D eigenvalue weighted by Crippen LogP contribution is 2.25. The SMILES string of the molecule is CCCCc1ccc(-n2c(C)c(C)n3c4c(=O)n(CC(N)=O)c(=O)n(C)c4nc23)cc1. The molecule has 0 fully saturated rings. The molecule has 1 amide bonds. The smallest absolute Gasteiger partial charge is 0.332 e. The summed E-state index contributed by atoms with van der Waals surface area (Å²) >= 11 is 0. The molecule has 4 aromatic rings. The van der Waals surface area contributed by atoms with Gasteiger partial charge in [-0.25, -0.2) is 9.36 Å². The molecular weight excluding hydrogens is 396 g/mol. The molecule has 0 radical (unpaired) electrons. The molecule has 0 atom stereocenters. The predicted octanol–water partition coefficient (Wildman–Crippen LogP) is 1.58. The van der Waals surface area contributed by atoms with E-state index in [9.17, 15) is 14.4 Å². The highest BCUT2D eigenvalue weighted by Gasteiger charge is 2.23. The van der Waals surface area contributed by atoms with Gasteiger partial charge in [0.15, 0.2) is 11.2 Å². The number of amides is 1. The Balaban J connectivity index is 2.01. The van der Waals surface area contributed by atoms with Gasteiger partial charge in [0.25, 0.3) is 5.56 Å². The monoisotopic (exact) mass is 422 g/mol. The molecule has 0 spiro atoms. The molecule has 0 unspecified atom stereocenters. The zero-order valence-electron chi connectivity index (χ0n) is 18.2. The Morgan fingerprint density at radius 2 is 1.77 bits per heavy atom. The molecule has 1 aromatic carbocycles. The van der Waals surface area contributed by atoms with E-state index in [1.165, 1.54) is 17.2 Å². The Hall–Kier alpha value is -3.62. The zero-order chi connectivity index (χ0) is 22.4. The van der Waals surface area contributed by atoms with Gasteiger partial charge in [-0.2, -0.15) is 4.98 Å². The van der Waals surface area contributed by atoms with E-state index in [4.69, 9.17) is 5.73 Å². The Bertz CT molecular complexity index is 1430. The molecule has 0 saturated heterocycles. The number of carbonyl (C=O) groups excluding carboxylic acids is 1. The van der Waals surface area contributed by atoms with Crippen LogP contribution in [0.2, 0.25) is 0 Å². The van der Waals surface area contributed by atoms with E-state index in [0.717, 1.165) is 40.9 Å². The van der Waals surface area contributed by atoms with Gasteiger partial charge in [0.05, 0.1) is 0 Å². The minimum Gasteiger partial charge on any atom is -0.368 e. The van der Waals surface area contributed by atoms with Crippen molar-refractivity contribution in [3.05, 3.63) is 62.1 Å². The second-order valence-electron chi connectivity index (χ2n) is 7.89. The number of rotatable bonds is 6. The van der Waals surface area contributed by atoms with Gasteiger partial charge in [-0.1, -0.05) is 25.5 Å². The van der Waals surface area contributed by atoms with Crippen LogP contribution in [-0.4, -0.2) is 29.0 Å². The molecule has 0 saturated carbocycles. The van der Waals surface area contributed by atoms with Gasteiger partial charge >= 0.3 is 5.69 Å². The lowest BCUT2D eigenvalue weighted by Gasteiger charge is -2.08. The molecule has 9 nitrogen and oxygen atoms in total. The molecule has 3 aromatic heterocycles. The number of hydrogen-bond donors (Lipinski definition) is 1. The third-order valence-corrected chi connectivity index (χ3v) is 5.85. The summed E-state index contributed by atoms with van der Waals surface area (Å²) in [7, 11) is 1.53. The molecule has 3 heterocycles. The summed E-state index contributed by atoms with van der Waals surface area (Å²) in [6.45, 7) is 5.56. The van der Waals surface area contributed by atoms with Crippen LogP contribution in [0.3, 0.4) is 0 Å². The maximum Gasteiger partial charge on any atom is 0.332 e. The number of aromatic nitrogens is 5. The van der Waals surface area contributed by atoms with Gasteiger partial charge in [-0.05, 0) is 44.4 Å². The fourth-order valence-corrected chi connectivity index (χ4v) is 4.05. The highest BCUT2D eigenvalue weighted by atomic mass is 16.2. The average Bonchev–Trinajstić information content (AvgIpc) is 3.24. The molecule has 9 heteroatoms. The number of carbonyl (C=O) groups is 1. The fourth-order valence-electron chi connectivity index (χ4n) is 4.05. The molecule has 0 aliphatic rings. The largest absolute Gasteiger partial charge is 0.368 e. The molecule has 0 aliphatic heterocycles. The number of primary amides is 1. The van der Waals surface area contributed by atoms with E-state index >= 15 is 0 Å². The maximum atomic E-state index is 13.1. The number of nitrogens with two attached hydrogens (primary N) is 1. The Kier molecular flexibility index (Phi) is 5.04. The summed E-state index contributed by atoms with van der Waals surface area (Å²) in [5.41, 5.74) is 8.51. The van der Waals surface area contributed by atoms with Crippen molar-refractivity contribution >= 4 is 22.8 Å². The molecule has 0 bridgehead atoms. The van der Waals surface area contributed by atoms with Crippen LogP contribution in [0.4, 0.5) is 0 Å². The molecule has 4 rings (SSSR count). The number of hydrogen-bond acceptors (Lipinski definition) is 4. The predicted molar refractivity (Wildman–Crippen MR) is 119 cm³/mol. The van der Waals surface area contributed by atoms with E-state index in [1.807, 2.05) is 30.5 Å². The normalized spacial score (nSPS) is 11.6. The second kappa shape index (κ2) is 7.57. The van der Waals surface area contributed by atoms with E-state index < -0.39 is 23.7 Å². The number of unbranched alkanes of at least 4 members (excludes halogenated alkanes) is 1. The Morgan fingerprint density at radius 1 is 1.10 bits per heavy atom. The average molecular weight is 422 g/mol. The van der Waals surface area contributed by atoms with Crippen LogP contribution in [-0.2, 0) is 24.8 Å². The van der Waals surface area contributed by atoms with Crippen molar-refractivity contribution in [2.24, 2.45) is 12.8 Å². The van der Waals surface area contributed by atoms with Gasteiger partial charge in [0, 0.05) is 24.1 Å². The Labute approximate surface area is 178 Å². The maximum absolute atomic E-state index is 13.1. The van der Waals surface area contributed by atoms with E-state index in [0.29, 0.717) is 5.78 Å². The summed E-state index contributed by atoms with van der Waals surface area (Å²) in [6, 6.07) is 8.30. The van der Waals surface area contributed by atoms with E-state index in [1.54, 1.807) is 4.40 Å². The van der Waals surface area contributed by atoms with Gasteiger partial charge in [0.2, 0.25) is 11.7 Å². The topological polar surface area (TPSA) is 109 Å². The second-order valence-corrected chi connectivity index (χ2v) is 7.89. The van der Waals surface area contributed by atoms with Crippen molar-refractivity contribution in [3.8, 4) is 5.69 Å². The van der Waals surface area contributed by atoms with Crippen molar-refractivity contribution in [2.75, 3.05) is 0 Å². The van der Waals surface area contributed by atoms with Gasteiger partial charge in [-0.3, -0.25) is 23.1 Å². The van der Waals surface area contributed by atoms with Gasteiger partial charge in [-0.15, -0.1) is 0 Å². The first-order valence-corrected chi connectivity index (χ1v) is 10.3. The number of nitrogens with zero attached hydrogens (tertiary/aromatic N) is 5. The summed E-state index contributed by atoms with van der Waals surface area (Å²) in [5.74, 6) is -0.219.